The number of rotatable bonds is 6. The monoisotopic (exact) mass is 318 g/mol. The van der Waals surface area contributed by atoms with Gasteiger partial charge >= 0.3 is 6.09 Å². The number of ether oxygens (including phenoxy) is 1. The Morgan fingerprint density at radius 3 is 2.41 bits per heavy atom. The zero-order valence-electron chi connectivity index (χ0n) is 12.2. The van der Waals surface area contributed by atoms with Gasteiger partial charge in [-0.05, 0) is 29.8 Å². The van der Waals surface area contributed by atoms with Crippen LogP contribution >= 0.6 is 0 Å². The lowest BCUT2D eigenvalue weighted by Gasteiger charge is -2.08. The maximum absolute atomic E-state index is 11.7. The number of hydrogen-bond donors (Lipinski definition) is 2. The highest BCUT2D eigenvalue weighted by Crippen LogP contribution is 2.12. The van der Waals surface area contributed by atoms with Crippen LogP contribution in [0.15, 0.2) is 54.6 Å². The van der Waals surface area contributed by atoms with Crippen LogP contribution in [-0.2, 0) is 17.5 Å². The second kappa shape index (κ2) is 8.31. The van der Waals surface area contributed by atoms with Crippen molar-refractivity contribution >= 4 is 22.8 Å². The number of anilines is 1. The molecule has 1 unspecified atom stereocenters. The predicted molar refractivity (Wildman–Crippen MR) is 88.1 cm³/mol. The molecule has 2 rings (SSSR count). The Hall–Kier alpha value is -2.18. The molecular weight excluding hydrogens is 300 g/mol. The Labute approximate surface area is 132 Å². The molecule has 1 amide bonds. The van der Waals surface area contributed by atoms with Gasteiger partial charge < -0.3 is 4.74 Å². The number of para-hydroxylation sites is 1. The summed E-state index contributed by atoms with van der Waals surface area (Å²) in [5.74, 6) is 1.06. The van der Waals surface area contributed by atoms with Gasteiger partial charge in [-0.25, -0.2) is 13.7 Å². The molecule has 2 aromatic carbocycles. The number of benzene rings is 2. The summed E-state index contributed by atoms with van der Waals surface area (Å²) in [6, 6.07) is 16.1. The number of amides is 1. The van der Waals surface area contributed by atoms with Gasteiger partial charge in [-0.3, -0.25) is 5.32 Å². The van der Waals surface area contributed by atoms with Crippen LogP contribution in [-0.4, -0.2) is 16.1 Å². The minimum atomic E-state index is -1.00. The van der Waals surface area contributed by atoms with Crippen LogP contribution in [0.4, 0.5) is 10.5 Å². The lowest BCUT2D eigenvalue weighted by molar-refractivity contribution is 0.215. The van der Waals surface area contributed by atoms with Gasteiger partial charge in [0.2, 0.25) is 0 Å². The van der Waals surface area contributed by atoms with Crippen molar-refractivity contribution in [3.63, 3.8) is 0 Å². The Morgan fingerprint density at radius 1 is 1.09 bits per heavy atom. The van der Waals surface area contributed by atoms with Gasteiger partial charge in [-0.2, -0.15) is 0 Å². The zero-order valence-corrected chi connectivity index (χ0v) is 13.1. The van der Waals surface area contributed by atoms with Crippen molar-refractivity contribution < 1.29 is 13.7 Å². The molecule has 0 aliphatic carbocycles. The SMILES string of the molecule is CCS(=O)NCc1ccc(NC(=O)Oc2ccccc2)cc1. The van der Waals surface area contributed by atoms with Gasteiger partial charge in [-0.15, -0.1) is 0 Å². The highest BCUT2D eigenvalue weighted by atomic mass is 32.2. The van der Waals surface area contributed by atoms with Gasteiger partial charge in [0.25, 0.3) is 0 Å². The number of hydrogen-bond acceptors (Lipinski definition) is 3. The van der Waals surface area contributed by atoms with Crippen LogP contribution in [0.3, 0.4) is 0 Å². The molecule has 0 saturated heterocycles. The van der Waals surface area contributed by atoms with Crippen LogP contribution in [0.25, 0.3) is 0 Å². The van der Waals surface area contributed by atoms with E-state index in [-0.39, 0.29) is 0 Å². The molecule has 116 valence electrons. The van der Waals surface area contributed by atoms with Crippen LogP contribution < -0.4 is 14.8 Å². The Morgan fingerprint density at radius 2 is 1.77 bits per heavy atom. The standard InChI is InChI=1S/C16H18N2O3S/c1-2-22(20)17-12-13-8-10-14(11-9-13)18-16(19)21-15-6-4-3-5-7-15/h3-11,17H,2,12H2,1H3,(H,18,19). The molecule has 0 spiro atoms. The summed E-state index contributed by atoms with van der Waals surface area (Å²) in [7, 11) is -1.00. The molecule has 1 atom stereocenters. The van der Waals surface area contributed by atoms with E-state index >= 15 is 0 Å². The fourth-order valence-electron chi connectivity index (χ4n) is 1.71. The first-order valence-electron chi connectivity index (χ1n) is 6.92. The van der Waals surface area contributed by atoms with Crippen molar-refractivity contribution in [3.05, 3.63) is 60.2 Å². The summed E-state index contributed by atoms with van der Waals surface area (Å²) in [5, 5.41) is 2.65. The molecule has 0 heterocycles. The van der Waals surface area contributed by atoms with E-state index in [0.29, 0.717) is 23.7 Å². The normalized spacial score (nSPS) is 11.7. The van der Waals surface area contributed by atoms with E-state index in [9.17, 15) is 9.00 Å². The maximum Gasteiger partial charge on any atom is 0.417 e. The van der Waals surface area contributed by atoms with Crippen LogP contribution in [0.5, 0.6) is 5.75 Å². The highest BCUT2D eigenvalue weighted by molar-refractivity contribution is 7.82. The lowest BCUT2D eigenvalue weighted by atomic mass is 10.2. The van der Waals surface area contributed by atoms with E-state index in [1.165, 1.54) is 0 Å². The van der Waals surface area contributed by atoms with Gasteiger partial charge in [0.05, 0.1) is 11.0 Å². The van der Waals surface area contributed by atoms with Gasteiger partial charge in [0.15, 0.2) is 0 Å². The minimum Gasteiger partial charge on any atom is -0.410 e. The van der Waals surface area contributed by atoms with E-state index in [0.717, 1.165) is 5.56 Å². The van der Waals surface area contributed by atoms with Gasteiger partial charge in [0.1, 0.15) is 5.75 Å². The topological polar surface area (TPSA) is 67.4 Å². The van der Waals surface area contributed by atoms with Gasteiger partial charge in [-0.1, -0.05) is 37.3 Å². The van der Waals surface area contributed by atoms with Crippen molar-refractivity contribution in [1.82, 2.24) is 4.72 Å². The van der Waals surface area contributed by atoms with Crippen LogP contribution in [0.1, 0.15) is 12.5 Å². The lowest BCUT2D eigenvalue weighted by Crippen LogP contribution is -2.18. The summed E-state index contributed by atoms with van der Waals surface area (Å²) in [4.78, 5) is 11.7. The third kappa shape index (κ3) is 5.31. The molecule has 0 aliphatic rings. The molecule has 0 aromatic heterocycles. The molecule has 0 bridgehead atoms. The molecule has 2 aromatic rings. The van der Waals surface area contributed by atoms with Crippen molar-refractivity contribution in [3.8, 4) is 5.75 Å². The first-order valence-corrected chi connectivity index (χ1v) is 8.24. The first-order chi connectivity index (χ1) is 10.7. The quantitative estimate of drug-likeness (QED) is 0.860. The fourth-order valence-corrected chi connectivity index (χ4v) is 2.24. The predicted octanol–water partition coefficient (Wildman–Crippen LogP) is 3.07. The van der Waals surface area contributed by atoms with E-state index in [2.05, 4.69) is 10.0 Å². The maximum atomic E-state index is 11.7. The largest absolute Gasteiger partial charge is 0.417 e. The van der Waals surface area contributed by atoms with Crippen LogP contribution in [0, 0.1) is 0 Å². The summed E-state index contributed by atoms with van der Waals surface area (Å²) in [6.07, 6.45) is -0.538. The third-order valence-corrected chi connectivity index (χ3v) is 3.84. The van der Waals surface area contributed by atoms with E-state index in [4.69, 9.17) is 4.74 Å². The second-order valence-electron chi connectivity index (χ2n) is 4.48. The summed E-state index contributed by atoms with van der Waals surface area (Å²) in [6.45, 7) is 2.38. The van der Waals surface area contributed by atoms with E-state index in [1.54, 1.807) is 36.4 Å². The number of nitrogens with one attached hydrogen (secondary N) is 2. The minimum absolute atomic E-state index is 0.489. The Bertz CT molecular complexity index is 630. The Balaban J connectivity index is 1.85. The number of carbonyl (C=O) groups excluding carboxylic acids is 1. The first kappa shape index (κ1) is 16.2. The molecule has 6 heteroatoms. The molecule has 5 nitrogen and oxygen atoms in total. The molecule has 2 N–H and O–H groups in total. The van der Waals surface area contributed by atoms with Crippen molar-refractivity contribution in [2.24, 2.45) is 0 Å². The van der Waals surface area contributed by atoms with Crippen molar-refractivity contribution in [2.75, 3.05) is 11.1 Å². The molecule has 22 heavy (non-hydrogen) atoms. The summed E-state index contributed by atoms with van der Waals surface area (Å²) < 4.78 is 19.3. The molecule has 0 radical (unpaired) electrons. The summed E-state index contributed by atoms with van der Waals surface area (Å²) in [5.41, 5.74) is 1.63. The van der Waals surface area contributed by atoms with Crippen LogP contribution in [0.2, 0.25) is 0 Å². The zero-order chi connectivity index (χ0) is 15.8. The van der Waals surface area contributed by atoms with E-state index in [1.807, 2.05) is 25.1 Å². The highest BCUT2D eigenvalue weighted by Gasteiger charge is 2.05. The van der Waals surface area contributed by atoms with Gasteiger partial charge in [0, 0.05) is 18.0 Å². The van der Waals surface area contributed by atoms with E-state index < -0.39 is 17.1 Å². The summed E-state index contributed by atoms with van der Waals surface area (Å²) >= 11 is 0. The molecule has 0 saturated carbocycles. The smallest absolute Gasteiger partial charge is 0.410 e. The third-order valence-electron chi connectivity index (χ3n) is 2.85. The van der Waals surface area contributed by atoms with Crippen molar-refractivity contribution in [1.29, 1.82) is 0 Å². The second-order valence-corrected chi connectivity index (χ2v) is 6.04. The average Bonchev–Trinajstić information content (AvgIpc) is 2.54. The Kier molecular flexibility index (Phi) is 6.12. The van der Waals surface area contributed by atoms with Crippen molar-refractivity contribution in [2.45, 2.75) is 13.5 Å². The number of carbonyl (C=O) groups is 1. The average molecular weight is 318 g/mol. The molecule has 0 fully saturated rings. The fraction of sp³-hybridized carbons (Fsp3) is 0.188. The molecule has 0 aliphatic heterocycles. The molecular formula is C16H18N2O3S.